The number of amides is 4. The van der Waals surface area contributed by atoms with Gasteiger partial charge in [-0.15, -0.1) is 0 Å². The molecule has 2 heterocycles. The Labute approximate surface area is 158 Å². The SMILES string of the molecule is CCCCCC(=O)NCc1ccc2c(c1)CN(C1CCC(=O)NC1=O)C2=O. The van der Waals surface area contributed by atoms with Crippen molar-refractivity contribution in [2.24, 2.45) is 0 Å². The van der Waals surface area contributed by atoms with Crippen LogP contribution in [0.1, 0.15) is 66.9 Å². The van der Waals surface area contributed by atoms with Crippen LogP contribution in [0.2, 0.25) is 0 Å². The van der Waals surface area contributed by atoms with Crippen molar-refractivity contribution in [3.63, 3.8) is 0 Å². The highest BCUT2D eigenvalue weighted by atomic mass is 16.2. The molecule has 1 atom stereocenters. The topological polar surface area (TPSA) is 95.6 Å². The van der Waals surface area contributed by atoms with Gasteiger partial charge >= 0.3 is 0 Å². The fourth-order valence-corrected chi connectivity index (χ4v) is 3.56. The van der Waals surface area contributed by atoms with Gasteiger partial charge in [-0.2, -0.15) is 0 Å². The summed E-state index contributed by atoms with van der Waals surface area (Å²) in [6.07, 6.45) is 4.14. The van der Waals surface area contributed by atoms with Crippen LogP contribution in [-0.4, -0.2) is 34.6 Å². The summed E-state index contributed by atoms with van der Waals surface area (Å²) in [5, 5.41) is 5.21. The van der Waals surface area contributed by atoms with Crippen molar-refractivity contribution in [3.8, 4) is 0 Å². The lowest BCUT2D eigenvalue weighted by atomic mass is 10.0. The van der Waals surface area contributed by atoms with Gasteiger partial charge in [0.15, 0.2) is 0 Å². The first-order valence-electron chi connectivity index (χ1n) is 9.52. The molecule has 144 valence electrons. The number of rotatable bonds is 7. The molecule has 1 unspecified atom stereocenters. The molecular weight excluding hydrogens is 346 g/mol. The van der Waals surface area contributed by atoms with Gasteiger partial charge in [0.1, 0.15) is 6.04 Å². The number of imide groups is 1. The molecule has 2 aliphatic heterocycles. The van der Waals surface area contributed by atoms with E-state index >= 15 is 0 Å². The van der Waals surface area contributed by atoms with Crippen molar-refractivity contribution in [2.75, 3.05) is 0 Å². The summed E-state index contributed by atoms with van der Waals surface area (Å²) in [6.45, 7) is 2.87. The Morgan fingerprint density at radius 2 is 2.07 bits per heavy atom. The number of carbonyl (C=O) groups excluding carboxylic acids is 4. The number of nitrogens with zero attached hydrogens (tertiary/aromatic N) is 1. The fraction of sp³-hybridized carbons (Fsp3) is 0.500. The van der Waals surface area contributed by atoms with Gasteiger partial charge in [-0.1, -0.05) is 31.9 Å². The van der Waals surface area contributed by atoms with E-state index in [1.807, 2.05) is 12.1 Å². The Balaban J connectivity index is 1.61. The molecule has 4 amide bonds. The van der Waals surface area contributed by atoms with E-state index < -0.39 is 11.9 Å². The molecule has 0 saturated carbocycles. The largest absolute Gasteiger partial charge is 0.352 e. The average molecular weight is 371 g/mol. The third kappa shape index (κ3) is 4.35. The number of unbranched alkanes of at least 4 members (excludes halogenated alkanes) is 2. The minimum absolute atomic E-state index is 0.0326. The predicted octanol–water partition coefficient (Wildman–Crippen LogP) is 1.64. The minimum Gasteiger partial charge on any atom is -0.352 e. The normalized spacial score (nSPS) is 19.1. The van der Waals surface area contributed by atoms with Gasteiger partial charge in [-0.25, -0.2) is 0 Å². The van der Waals surface area contributed by atoms with Gasteiger partial charge in [0.2, 0.25) is 17.7 Å². The van der Waals surface area contributed by atoms with Gasteiger partial charge in [0, 0.05) is 31.5 Å². The molecule has 0 spiro atoms. The highest BCUT2D eigenvalue weighted by molar-refractivity contribution is 6.05. The second kappa shape index (κ2) is 8.33. The van der Waals surface area contributed by atoms with Crippen LogP contribution in [0.5, 0.6) is 0 Å². The van der Waals surface area contributed by atoms with E-state index in [4.69, 9.17) is 0 Å². The third-order valence-electron chi connectivity index (χ3n) is 5.09. The molecular formula is C20H25N3O4. The van der Waals surface area contributed by atoms with E-state index in [0.29, 0.717) is 31.5 Å². The lowest BCUT2D eigenvalue weighted by Gasteiger charge is -2.29. The minimum atomic E-state index is -0.607. The Kier molecular flexibility index (Phi) is 5.88. The summed E-state index contributed by atoms with van der Waals surface area (Å²) in [7, 11) is 0. The molecule has 2 N–H and O–H groups in total. The highest BCUT2D eigenvalue weighted by Gasteiger charge is 2.38. The molecule has 7 heteroatoms. The third-order valence-corrected chi connectivity index (χ3v) is 5.09. The zero-order chi connectivity index (χ0) is 19.4. The van der Waals surface area contributed by atoms with E-state index in [9.17, 15) is 19.2 Å². The first-order valence-corrected chi connectivity index (χ1v) is 9.52. The van der Waals surface area contributed by atoms with Crippen molar-refractivity contribution in [1.82, 2.24) is 15.5 Å². The van der Waals surface area contributed by atoms with Crippen LogP contribution in [0.3, 0.4) is 0 Å². The fourth-order valence-electron chi connectivity index (χ4n) is 3.56. The highest BCUT2D eigenvalue weighted by Crippen LogP contribution is 2.28. The molecule has 1 aromatic carbocycles. The van der Waals surface area contributed by atoms with Crippen molar-refractivity contribution in [3.05, 3.63) is 34.9 Å². The predicted molar refractivity (Wildman–Crippen MR) is 98.5 cm³/mol. The molecule has 0 radical (unpaired) electrons. The summed E-state index contributed by atoms with van der Waals surface area (Å²) in [6, 6.07) is 4.88. The lowest BCUT2D eigenvalue weighted by Crippen LogP contribution is -2.52. The van der Waals surface area contributed by atoms with Crippen LogP contribution in [0, 0.1) is 0 Å². The van der Waals surface area contributed by atoms with Crippen LogP contribution in [0.25, 0.3) is 0 Å². The molecule has 2 aliphatic rings. The van der Waals surface area contributed by atoms with E-state index in [0.717, 1.165) is 30.4 Å². The molecule has 27 heavy (non-hydrogen) atoms. The molecule has 0 aromatic heterocycles. The molecule has 0 aliphatic carbocycles. The summed E-state index contributed by atoms with van der Waals surface area (Å²) in [5.41, 5.74) is 2.36. The first-order chi connectivity index (χ1) is 13.0. The first kappa shape index (κ1) is 19.1. The van der Waals surface area contributed by atoms with Crippen molar-refractivity contribution in [2.45, 2.75) is 64.6 Å². The standard InChI is InChI=1S/C20H25N3O4/c1-2-3-4-5-17(24)21-11-13-6-7-15-14(10-13)12-23(20(15)27)16-8-9-18(25)22-19(16)26/h6-7,10,16H,2-5,8-9,11-12H2,1H3,(H,21,24)(H,22,25,26). The van der Waals surface area contributed by atoms with Crippen LogP contribution >= 0.6 is 0 Å². The molecule has 1 fully saturated rings. The number of benzene rings is 1. The number of fused-ring (bicyclic) bond motifs is 1. The second-order valence-electron chi connectivity index (χ2n) is 7.13. The maximum Gasteiger partial charge on any atom is 0.255 e. The van der Waals surface area contributed by atoms with Crippen molar-refractivity contribution in [1.29, 1.82) is 0 Å². The van der Waals surface area contributed by atoms with Gasteiger partial charge in [0.25, 0.3) is 5.91 Å². The molecule has 3 rings (SSSR count). The molecule has 0 bridgehead atoms. The Hall–Kier alpha value is -2.70. The Morgan fingerprint density at radius 1 is 1.26 bits per heavy atom. The maximum atomic E-state index is 12.6. The van der Waals surface area contributed by atoms with Crippen LogP contribution < -0.4 is 10.6 Å². The number of carbonyl (C=O) groups is 4. The van der Waals surface area contributed by atoms with E-state index in [2.05, 4.69) is 17.6 Å². The zero-order valence-corrected chi connectivity index (χ0v) is 15.5. The molecule has 1 saturated heterocycles. The van der Waals surface area contributed by atoms with E-state index in [-0.39, 0.29) is 24.1 Å². The monoisotopic (exact) mass is 371 g/mol. The van der Waals surface area contributed by atoms with Crippen LogP contribution in [0.15, 0.2) is 18.2 Å². The lowest BCUT2D eigenvalue weighted by molar-refractivity contribution is -0.137. The summed E-state index contributed by atoms with van der Waals surface area (Å²) >= 11 is 0. The number of hydrogen-bond acceptors (Lipinski definition) is 4. The van der Waals surface area contributed by atoms with Crippen molar-refractivity contribution < 1.29 is 19.2 Å². The van der Waals surface area contributed by atoms with Crippen LogP contribution in [-0.2, 0) is 27.5 Å². The van der Waals surface area contributed by atoms with E-state index in [1.54, 1.807) is 6.07 Å². The Morgan fingerprint density at radius 3 is 2.81 bits per heavy atom. The quantitative estimate of drug-likeness (QED) is 0.563. The van der Waals surface area contributed by atoms with Crippen molar-refractivity contribution >= 4 is 23.6 Å². The van der Waals surface area contributed by atoms with Gasteiger partial charge in [-0.05, 0) is 30.0 Å². The van der Waals surface area contributed by atoms with Gasteiger partial charge in [-0.3, -0.25) is 24.5 Å². The zero-order valence-electron chi connectivity index (χ0n) is 15.5. The summed E-state index contributed by atoms with van der Waals surface area (Å²) in [4.78, 5) is 49.4. The number of piperidine rings is 1. The average Bonchev–Trinajstić information content (AvgIpc) is 2.96. The summed E-state index contributed by atoms with van der Waals surface area (Å²) < 4.78 is 0. The van der Waals surface area contributed by atoms with E-state index in [1.165, 1.54) is 4.90 Å². The van der Waals surface area contributed by atoms with Gasteiger partial charge < -0.3 is 10.2 Å². The maximum absolute atomic E-state index is 12.6. The number of nitrogens with one attached hydrogen (secondary N) is 2. The molecule has 1 aromatic rings. The molecule has 7 nitrogen and oxygen atoms in total. The summed E-state index contributed by atoms with van der Waals surface area (Å²) in [5.74, 6) is -0.857. The smallest absolute Gasteiger partial charge is 0.255 e. The second-order valence-corrected chi connectivity index (χ2v) is 7.13. The van der Waals surface area contributed by atoms with Gasteiger partial charge in [0.05, 0.1) is 0 Å². The Bertz CT molecular complexity index is 774. The van der Waals surface area contributed by atoms with Crippen LogP contribution in [0.4, 0.5) is 0 Å². The number of hydrogen-bond donors (Lipinski definition) is 2.